The summed E-state index contributed by atoms with van der Waals surface area (Å²) in [7, 11) is 0. The molecule has 0 N–H and O–H groups in total. The number of benzene rings is 2. The van der Waals surface area contributed by atoms with Crippen molar-refractivity contribution in [1.29, 1.82) is 0 Å². The molecule has 0 amide bonds. The molecule has 14 heavy (non-hydrogen) atoms. The fourth-order valence-corrected chi connectivity index (χ4v) is 1.43. The third-order valence-electron chi connectivity index (χ3n) is 2.09. The minimum Gasteiger partial charge on any atom is -0.0622 e. The maximum Gasteiger partial charge on any atom is -0.00258 e. The first kappa shape index (κ1) is 12.1. The third kappa shape index (κ3) is 3.68. The van der Waals surface area contributed by atoms with Gasteiger partial charge in [0.05, 0.1) is 0 Å². The van der Waals surface area contributed by atoms with Crippen molar-refractivity contribution in [1.82, 2.24) is 0 Å². The summed E-state index contributed by atoms with van der Waals surface area (Å²) in [5.41, 5.74) is 2.74. The summed E-state index contributed by atoms with van der Waals surface area (Å²) in [5, 5.41) is 0. The van der Waals surface area contributed by atoms with Gasteiger partial charge in [0.15, 0.2) is 0 Å². The summed E-state index contributed by atoms with van der Waals surface area (Å²) in [5.74, 6) is 0. The molecule has 1 heteroatoms. The molecular weight excluding hydrogens is 195 g/mol. The molecule has 0 saturated carbocycles. The smallest absolute Gasteiger partial charge is 0.00258 e. The molecule has 2 aromatic rings. The van der Waals surface area contributed by atoms with Gasteiger partial charge in [0.25, 0.3) is 0 Å². The van der Waals surface area contributed by atoms with E-state index in [1.54, 1.807) is 0 Å². The molecule has 0 heterocycles. The van der Waals surface area contributed by atoms with Gasteiger partial charge in [-0.05, 0) is 17.5 Å². The number of hydrogen-bond donors (Lipinski definition) is 0. The molecule has 0 unspecified atom stereocenters. The van der Waals surface area contributed by atoms with E-state index >= 15 is 0 Å². The van der Waals surface area contributed by atoms with Crippen LogP contribution in [0.1, 0.15) is 11.1 Å². The van der Waals surface area contributed by atoms with E-state index < -0.39 is 0 Å². The van der Waals surface area contributed by atoms with Gasteiger partial charge in [0.1, 0.15) is 0 Å². The average molecular weight is 208 g/mol. The molecule has 0 aliphatic rings. The second-order valence-electron chi connectivity index (χ2n) is 3.15. The van der Waals surface area contributed by atoms with Crippen LogP contribution in [0, 0.1) is 0 Å². The number of hydrogen-bond acceptors (Lipinski definition) is 0. The van der Waals surface area contributed by atoms with Crippen molar-refractivity contribution in [2.75, 3.05) is 0 Å². The first-order valence-electron chi connectivity index (χ1n) is 4.53. The second kappa shape index (κ2) is 6.54. The van der Waals surface area contributed by atoms with E-state index in [0.717, 1.165) is 6.42 Å². The van der Waals surface area contributed by atoms with Crippen molar-refractivity contribution in [2.45, 2.75) is 6.42 Å². The van der Waals surface area contributed by atoms with Gasteiger partial charge in [-0.25, -0.2) is 0 Å². The van der Waals surface area contributed by atoms with Gasteiger partial charge in [-0.2, -0.15) is 0 Å². The minimum atomic E-state index is 0. The van der Waals surface area contributed by atoms with E-state index in [0.29, 0.717) is 0 Å². The zero-order valence-corrected chi connectivity index (χ0v) is 7.48. The standard InChI is InChI=1S/C13H12.K.H/c1-3-7-12(8-4-1)11-13-9-5-2-6-10-13;;/h1-10H,11H2;;. The topological polar surface area (TPSA) is 0 Å². The largest absolute Gasteiger partial charge is 0.0622 e. The van der Waals surface area contributed by atoms with Crippen molar-refractivity contribution in [3.63, 3.8) is 0 Å². The van der Waals surface area contributed by atoms with Crippen molar-refractivity contribution < 1.29 is 0 Å². The first-order valence-corrected chi connectivity index (χ1v) is 4.53. The van der Waals surface area contributed by atoms with Crippen LogP contribution >= 0.6 is 0 Å². The van der Waals surface area contributed by atoms with E-state index in [1.807, 2.05) is 0 Å². The van der Waals surface area contributed by atoms with Gasteiger partial charge in [0, 0.05) is 0 Å². The van der Waals surface area contributed by atoms with E-state index in [4.69, 9.17) is 0 Å². The molecule has 66 valence electrons. The SMILES string of the molecule is [KH].c1ccc(Cc2ccccc2)cc1. The van der Waals surface area contributed by atoms with Crippen molar-refractivity contribution in [3.05, 3.63) is 71.8 Å². The molecule has 2 aromatic carbocycles. The predicted octanol–water partition coefficient (Wildman–Crippen LogP) is 2.63. The van der Waals surface area contributed by atoms with Gasteiger partial charge in [-0.3, -0.25) is 0 Å². The molecule has 0 saturated heterocycles. The third-order valence-corrected chi connectivity index (χ3v) is 2.09. The Labute approximate surface area is 128 Å². The van der Waals surface area contributed by atoms with Gasteiger partial charge >= 0.3 is 51.4 Å². The summed E-state index contributed by atoms with van der Waals surface area (Å²) in [6.45, 7) is 0. The van der Waals surface area contributed by atoms with Crippen molar-refractivity contribution in [3.8, 4) is 0 Å². The van der Waals surface area contributed by atoms with Crippen LogP contribution in [0.15, 0.2) is 60.7 Å². The summed E-state index contributed by atoms with van der Waals surface area (Å²) >= 11 is 0. The average Bonchev–Trinajstić information content (AvgIpc) is 2.21. The molecule has 0 bridgehead atoms. The fraction of sp³-hybridized carbons (Fsp3) is 0.0769. The zero-order chi connectivity index (χ0) is 8.93. The summed E-state index contributed by atoms with van der Waals surface area (Å²) in [6.07, 6.45) is 1.03. The molecule has 0 nitrogen and oxygen atoms in total. The molecule has 0 radical (unpaired) electrons. The number of rotatable bonds is 2. The van der Waals surface area contributed by atoms with Crippen molar-refractivity contribution >= 4 is 51.4 Å². The Morgan fingerprint density at radius 3 is 1.29 bits per heavy atom. The van der Waals surface area contributed by atoms with Crippen LogP contribution in [-0.4, -0.2) is 51.4 Å². The Hall–Kier alpha value is 0.0764. The molecule has 2 rings (SSSR count). The maximum atomic E-state index is 2.16. The molecule has 0 aromatic heterocycles. The van der Waals surface area contributed by atoms with Crippen LogP contribution in [0.4, 0.5) is 0 Å². The van der Waals surface area contributed by atoms with E-state index in [-0.39, 0.29) is 51.4 Å². The Bertz CT molecular complexity index is 316. The summed E-state index contributed by atoms with van der Waals surface area (Å²) < 4.78 is 0. The minimum absolute atomic E-state index is 0. The first-order chi connectivity index (χ1) is 6.45. The quantitative estimate of drug-likeness (QED) is 0.666. The normalized spacial score (nSPS) is 9.14. The van der Waals surface area contributed by atoms with Gasteiger partial charge < -0.3 is 0 Å². The molecular formula is C13H13K. The van der Waals surface area contributed by atoms with Crippen LogP contribution in [-0.2, 0) is 6.42 Å². The van der Waals surface area contributed by atoms with Gasteiger partial charge in [-0.1, -0.05) is 60.7 Å². The molecule has 0 aliphatic heterocycles. The summed E-state index contributed by atoms with van der Waals surface area (Å²) in [4.78, 5) is 0. The van der Waals surface area contributed by atoms with Gasteiger partial charge in [0.2, 0.25) is 0 Å². The molecule has 0 atom stereocenters. The van der Waals surface area contributed by atoms with Crippen LogP contribution in [0.25, 0.3) is 0 Å². The molecule has 0 aliphatic carbocycles. The van der Waals surface area contributed by atoms with Crippen LogP contribution in [0.5, 0.6) is 0 Å². The van der Waals surface area contributed by atoms with Crippen molar-refractivity contribution in [2.24, 2.45) is 0 Å². The monoisotopic (exact) mass is 208 g/mol. The predicted molar refractivity (Wildman–Crippen MR) is 62.8 cm³/mol. The Balaban J connectivity index is 0.000000980. The van der Waals surface area contributed by atoms with E-state index in [2.05, 4.69) is 60.7 Å². The zero-order valence-electron chi connectivity index (χ0n) is 7.48. The molecule has 0 spiro atoms. The fourth-order valence-electron chi connectivity index (χ4n) is 1.43. The maximum absolute atomic E-state index is 2.16. The van der Waals surface area contributed by atoms with E-state index in [9.17, 15) is 0 Å². The van der Waals surface area contributed by atoms with Crippen LogP contribution < -0.4 is 0 Å². The Morgan fingerprint density at radius 2 is 0.929 bits per heavy atom. The van der Waals surface area contributed by atoms with E-state index in [1.165, 1.54) is 11.1 Å². The van der Waals surface area contributed by atoms with Crippen LogP contribution in [0.3, 0.4) is 0 Å². The van der Waals surface area contributed by atoms with Crippen LogP contribution in [0.2, 0.25) is 0 Å². The van der Waals surface area contributed by atoms with Gasteiger partial charge in [-0.15, -0.1) is 0 Å². The Kier molecular flexibility index (Phi) is 5.67. The second-order valence-corrected chi connectivity index (χ2v) is 3.15. The summed E-state index contributed by atoms with van der Waals surface area (Å²) in [6, 6.07) is 21.1. The molecule has 0 fully saturated rings. The Morgan fingerprint density at radius 1 is 0.571 bits per heavy atom.